The Morgan fingerprint density at radius 2 is 1.71 bits per heavy atom. The van der Waals surface area contributed by atoms with Crippen LogP contribution >= 0.6 is 47.2 Å². The summed E-state index contributed by atoms with van der Waals surface area (Å²) in [5.41, 5.74) is 1.67. The molecule has 0 aromatic heterocycles. The largest absolute Gasteiger partial charge is 0.286 e. The molecule has 1 atom stereocenters. The van der Waals surface area contributed by atoms with Gasteiger partial charge in [0, 0.05) is 15.6 Å². The quantitative estimate of drug-likeness (QED) is 0.474. The van der Waals surface area contributed by atoms with E-state index >= 15 is 0 Å². The molecular weight excluding hydrogens is 381 g/mol. The second kappa shape index (κ2) is 7.28. The van der Waals surface area contributed by atoms with E-state index in [4.69, 9.17) is 35.4 Å². The minimum Gasteiger partial charge on any atom is -0.286 e. The normalized spacial score (nSPS) is 17.6. The van der Waals surface area contributed by atoms with E-state index < -0.39 is 0 Å². The van der Waals surface area contributed by atoms with Crippen molar-refractivity contribution in [3.05, 3.63) is 74.6 Å². The average molecular weight is 394 g/mol. The molecule has 0 unspecified atom stereocenters. The standard InChI is InChI=1S/C18H13Cl2NOS2/c1-11(12-6-3-2-4-7-12)21-17(22)16(24-18(21)23)10-13-14(19)8-5-9-15(13)20/h2-11H,1H3/b16-10-/t11-/m1/s1. The lowest BCUT2D eigenvalue weighted by molar-refractivity contribution is -0.123. The van der Waals surface area contributed by atoms with Crippen LogP contribution in [0.5, 0.6) is 0 Å². The molecular formula is C18H13Cl2NOS2. The summed E-state index contributed by atoms with van der Waals surface area (Å²) in [5, 5.41) is 1.01. The van der Waals surface area contributed by atoms with Crippen LogP contribution in [-0.2, 0) is 4.79 Å². The lowest BCUT2D eigenvalue weighted by Crippen LogP contribution is -2.30. The van der Waals surface area contributed by atoms with Gasteiger partial charge in [0.05, 0.1) is 10.9 Å². The number of benzene rings is 2. The molecule has 0 radical (unpaired) electrons. The van der Waals surface area contributed by atoms with Gasteiger partial charge >= 0.3 is 0 Å². The van der Waals surface area contributed by atoms with E-state index in [0.29, 0.717) is 24.8 Å². The highest BCUT2D eigenvalue weighted by molar-refractivity contribution is 8.26. The summed E-state index contributed by atoms with van der Waals surface area (Å²) in [7, 11) is 0. The van der Waals surface area contributed by atoms with Crippen molar-refractivity contribution in [1.82, 2.24) is 4.90 Å². The summed E-state index contributed by atoms with van der Waals surface area (Å²) in [6, 6.07) is 14.9. The predicted molar refractivity (Wildman–Crippen MR) is 106 cm³/mol. The summed E-state index contributed by atoms with van der Waals surface area (Å²) in [4.78, 5) is 15.0. The number of thiocarbonyl (C=S) groups is 1. The van der Waals surface area contributed by atoms with Gasteiger partial charge in [-0.25, -0.2) is 0 Å². The number of amides is 1. The number of halogens is 2. The topological polar surface area (TPSA) is 20.3 Å². The van der Waals surface area contributed by atoms with Crippen LogP contribution in [0.25, 0.3) is 6.08 Å². The van der Waals surface area contributed by atoms with Crippen molar-refractivity contribution in [2.24, 2.45) is 0 Å². The Hall–Kier alpha value is -1.33. The summed E-state index contributed by atoms with van der Waals surface area (Å²) in [6.07, 6.45) is 1.71. The third-order valence-corrected chi connectivity index (χ3v) is 5.76. The molecule has 1 saturated heterocycles. The molecule has 24 heavy (non-hydrogen) atoms. The van der Waals surface area contributed by atoms with E-state index in [-0.39, 0.29) is 11.9 Å². The maximum absolute atomic E-state index is 12.8. The Morgan fingerprint density at radius 3 is 2.33 bits per heavy atom. The molecule has 6 heteroatoms. The summed E-state index contributed by atoms with van der Waals surface area (Å²) in [5.74, 6) is -0.127. The van der Waals surface area contributed by atoms with Crippen LogP contribution in [0.15, 0.2) is 53.4 Å². The minimum atomic E-state index is -0.133. The van der Waals surface area contributed by atoms with Crippen molar-refractivity contribution in [3.63, 3.8) is 0 Å². The monoisotopic (exact) mass is 393 g/mol. The van der Waals surface area contributed by atoms with Crippen LogP contribution in [0.3, 0.4) is 0 Å². The predicted octanol–water partition coefficient (Wildman–Crippen LogP) is 5.96. The third-order valence-electron chi connectivity index (χ3n) is 3.77. The SMILES string of the molecule is C[C@H](c1ccccc1)N1C(=O)/C(=C/c2c(Cl)cccc2Cl)SC1=S. The Labute approximate surface area is 160 Å². The first-order valence-electron chi connectivity index (χ1n) is 7.25. The first-order chi connectivity index (χ1) is 11.5. The minimum absolute atomic E-state index is 0.127. The van der Waals surface area contributed by atoms with Crippen LogP contribution in [0.4, 0.5) is 0 Å². The molecule has 1 aliphatic rings. The van der Waals surface area contributed by atoms with Crippen molar-refractivity contribution in [2.45, 2.75) is 13.0 Å². The van der Waals surface area contributed by atoms with Gasteiger partial charge < -0.3 is 0 Å². The highest BCUT2D eigenvalue weighted by atomic mass is 35.5. The van der Waals surface area contributed by atoms with Crippen LogP contribution in [-0.4, -0.2) is 15.1 Å². The fourth-order valence-electron chi connectivity index (χ4n) is 2.47. The van der Waals surface area contributed by atoms with Crippen molar-refractivity contribution in [3.8, 4) is 0 Å². The lowest BCUT2D eigenvalue weighted by Gasteiger charge is -2.23. The summed E-state index contributed by atoms with van der Waals surface area (Å²) >= 11 is 19.1. The Morgan fingerprint density at radius 1 is 1.08 bits per heavy atom. The van der Waals surface area contributed by atoms with Gasteiger partial charge in [0.1, 0.15) is 4.32 Å². The second-order valence-corrected chi connectivity index (χ2v) is 7.76. The summed E-state index contributed by atoms with van der Waals surface area (Å²) in [6.45, 7) is 1.96. The van der Waals surface area contributed by atoms with Crippen LogP contribution in [0, 0.1) is 0 Å². The summed E-state index contributed by atoms with van der Waals surface area (Å²) < 4.78 is 0.533. The molecule has 0 N–H and O–H groups in total. The van der Waals surface area contributed by atoms with Crippen LogP contribution in [0.2, 0.25) is 10.0 Å². The van der Waals surface area contributed by atoms with Crippen molar-refractivity contribution in [2.75, 3.05) is 0 Å². The Balaban J connectivity index is 1.94. The highest BCUT2D eigenvalue weighted by Gasteiger charge is 2.36. The molecule has 1 heterocycles. The van der Waals surface area contributed by atoms with Crippen LogP contribution < -0.4 is 0 Å². The molecule has 3 rings (SSSR count). The Kier molecular flexibility index (Phi) is 5.30. The number of hydrogen-bond acceptors (Lipinski definition) is 3. The molecule has 0 aliphatic carbocycles. The van der Waals surface area contributed by atoms with Gasteiger partial charge in [-0.05, 0) is 30.7 Å². The fraction of sp³-hybridized carbons (Fsp3) is 0.111. The number of nitrogens with zero attached hydrogens (tertiary/aromatic N) is 1. The van der Waals surface area contributed by atoms with Crippen molar-refractivity contribution >= 4 is 63.5 Å². The fourth-order valence-corrected chi connectivity index (χ4v) is 4.38. The second-order valence-electron chi connectivity index (χ2n) is 5.27. The molecule has 1 fully saturated rings. The molecule has 0 spiro atoms. The maximum Gasteiger partial charge on any atom is 0.266 e. The molecule has 2 aromatic carbocycles. The van der Waals surface area contributed by atoms with E-state index in [0.717, 1.165) is 5.56 Å². The first kappa shape index (κ1) is 17.5. The van der Waals surface area contributed by atoms with Gasteiger partial charge in [0.15, 0.2) is 0 Å². The molecule has 2 nitrogen and oxygen atoms in total. The highest BCUT2D eigenvalue weighted by Crippen LogP contribution is 2.39. The van der Waals surface area contributed by atoms with Gasteiger partial charge in [-0.2, -0.15) is 0 Å². The van der Waals surface area contributed by atoms with E-state index in [2.05, 4.69) is 0 Å². The zero-order valence-corrected chi connectivity index (χ0v) is 15.8. The van der Waals surface area contributed by atoms with Gasteiger partial charge in [0.25, 0.3) is 5.91 Å². The van der Waals surface area contributed by atoms with Gasteiger partial charge in [-0.1, -0.05) is 83.6 Å². The van der Waals surface area contributed by atoms with Crippen molar-refractivity contribution < 1.29 is 4.79 Å². The maximum atomic E-state index is 12.8. The third kappa shape index (κ3) is 3.38. The molecule has 122 valence electrons. The van der Waals surface area contributed by atoms with Gasteiger partial charge in [-0.15, -0.1) is 0 Å². The average Bonchev–Trinajstić information content (AvgIpc) is 2.85. The number of rotatable bonds is 3. The number of carbonyl (C=O) groups excluding carboxylic acids is 1. The lowest BCUT2D eigenvalue weighted by atomic mass is 10.1. The Bertz CT molecular complexity index is 816. The van der Waals surface area contributed by atoms with E-state index in [1.807, 2.05) is 37.3 Å². The zero-order valence-electron chi connectivity index (χ0n) is 12.7. The van der Waals surface area contributed by atoms with E-state index in [1.165, 1.54) is 11.8 Å². The molecule has 1 amide bonds. The number of carbonyl (C=O) groups is 1. The van der Waals surface area contributed by atoms with Crippen molar-refractivity contribution in [1.29, 1.82) is 0 Å². The van der Waals surface area contributed by atoms with E-state index in [1.54, 1.807) is 29.2 Å². The number of thioether (sulfide) groups is 1. The molecule has 1 aliphatic heterocycles. The van der Waals surface area contributed by atoms with Gasteiger partial charge in [0.2, 0.25) is 0 Å². The van der Waals surface area contributed by atoms with E-state index in [9.17, 15) is 4.79 Å². The molecule has 0 saturated carbocycles. The first-order valence-corrected chi connectivity index (χ1v) is 9.23. The van der Waals surface area contributed by atoms with Crippen LogP contribution in [0.1, 0.15) is 24.1 Å². The van der Waals surface area contributed by atoms with Gasteiger partial charge in [-0.3, -0.25) is 9.69 Å². The zero-order chi connectivity index (χ0) is 17.3. The molecule has 0 bridgehead atoms. The molecule has 2 aromatic rings. The smallest absolute Gasteiger partial charge is 0.266 e. The number of hydrogen-bond donors (Lipinski definition) is 0.